The van der Waals surface area contributed by atoms with E-state index >= 15 is 8.78 Å². The van der Waals surface area contributed by atoms with Gasteiger partial charge in [-0.15, -0.1) is 5.10 Å². The van der Waals surface area contributed by atoms with Crippen molar-refractivity contribution in [3.8, 4) is 16.9 Å². The van der Waals surface area contributed by atoms with Gasteiger partial charge >= 0.3 is 11.6 Å². The lowest BCUT2D eigenvalue weighted by molar-refractivity contribution is -0.207. The van der Waals surface area contributed by atoms with Gasteiger partial charge in [0.1, 0.15) is 30.0 Å². The third kappa shape index (κ3) is 8.38. The van der Waals surface area contributed by atoms with Gasteiger partial charge in [-0.2, -0.15) is 13.9 Å². The van der Waals surface area contributed by atoms with Gasteiger partial charge in [-0.3, -0.25) is 4.98 Å². The van der Waals surface area contributed by atoms with Crippen LogP contribution in [0.4, 0.5) is 24.5 Å². The summed E-state index contributed by atoms with van der Waals surface area (Å²) in [5.41, 5.74) is -0.328. The summed E-state index contributed by atoms with van der Waals surface area (Å²) in [6.45, 7) is 6.57. The van der Waals surface area contributed by atoms with Crippen LogP contribution < -0.4 is 15.5 Å². The molecule has 5 heterocycles. The Morgan fingerprint density at radius 3 is 2.13 bits per heavy atom. The highest BCUT2D eigenvalue weighted by Crippen LogP contribution is 2.46. The monoisotopic (exact) mass is 831 g/mol. The highest BCUT2D eigenvalue weighted by atomic mass is 19.3. The van der Waals surface area contributed by atoms with E-state index < -0.39 is 35.1 Å². The first-order chi connectivity index (χ1) is 29.6. The number of ether oxygens (including phenoxy) is 1. The minimum atomic E-state index is -4.04. The molecule has 1 saturated heterocycles. The predicted molar refractivity (Wildman–Crippen MR) is 222 cm³/mol. The average molecular weight is 832 g/mol. The van der Waals surface area contributed by atoms with Crippen LogP contribution in [-0.4, -0.2) is 81.9 Å². The van der Waals surface area contributed by atoms with Crippen molar-refractivity contribution in [3.63, 3.8) is 0 Å². The quantitative estimate of drug-likeness (QED) is 0.127. The molecule has 0 amide bonds. The smallest absolute Gasteiger partial charge is 0.351 e. The third-order valence-electron chi connectivity index (χ3n) is 11.2. The van der Waals surface area contributed by atoms with Crippen LogP contribution in [0.2, 0.25) is 0 Å². The molecule has 17 heteroatoms. The van der Waals surface area contributed by atoms with E-state index in [-0.39, 0.29) is 17.8 Å². The second-order valence-electron chi connectivity index (χ2n) is 15.0. The molecule has 7 aromatic rings. The zero-order valence-corrected chi connectivity index (χ0v) is 33.5. The second kappa shape index (κ2) is 17.5. The number of aromatic nitrogens is 9. The average Bonchev–Trinajstić information content (AvgIpc) is 3.96. The SMILES string of the molecule is CCC(C(C)OCc1ccccc1)n1ncn(-c2ccc(N3CCN(c4ccc(-c5ccc(C(F)(F)C(O)(Cn6cnnn6)c6ccccc6F)nc5)cc4)CC3)cn2)c1=O. The summed E-state index contributed by atoms with van der Waals surface area (Å²) in [5.74, 6) is -4.56. The van der Waals surface area contributed by atoms with E-state index in [9.17, 15) is 14.3 Å². The summed E-state index contributed by atoms with van der Waals surface area (Å²) >= 11 is 0. The van der Waals surface area contributed by atoms with E-state index in [1.54, 1.807) is 6.20 Å². The van der Waals surface area contributed by atoms with Crippen LogP contribution in [0.5, 0.6) is 0 Å². The molecule has 0 aliphatic carbocycles. The van der Waals surface area contributed by atoms with E-state index in [0.29, 0.717) is 24.4 Å². The Morgan fingerprint density at radius 1 is 0.803 bits per heavy atom. The van der Waals surface area contributed by atoms with E-state index in [0.717, 1.165) is 77.9 Å². The van der Waals surface area contributed by atoms with Crippen LogP contribution in [0.3, 0.4) is 0 Å². The van der Waals surface area contributed by atoms with Gasteiger partial charge in [-0.1, -0.05) is 73.7 Å². The molecule has 3 atom stereocenters. The Hall–Kier alpha value is -6.72. The first-order valence-electron chi connectivity index (χ1n) is 20.0. The summed E-state index contributed by atoms with van der Waals surface area (Å²) in [4.78, 5) is 26.7. The molecule has 3 unspecified atom stereocenters. The highest BCUT2D eigenvalue weighted by Gasteiger charge is 2.57. The number of anilines is 2. The summed E-state index contributed by atoms with van der Waals surface area (Å²) in [7, 11) is 0. The van der Waals surface area contributed by atoms with Crippen molar-refractivity contribution in [1.29, 1.82) is 0 Å². The molecule has 14 nitrogen and oxygen atoms in total. The van der Waals surface area contributed by atoms with Crippen LogP contribution in [-0.2, 0) is 29.4 Å². The molecular weight excluding hydrogens is 788 g/mol. The van der Waals surface area contributed by atoms with Gasteiger partial charge in [0.2, 0.25) is 0 Å². The van der Waals surface area contributed by atoms with Crippen LogP contribution in [0.25, 0.3) is 16.9 Å². The first kappa shape index (κ1) is 41.0. The number of tetrazole rings is 1. The molecule has 0 spiro atoms. The van der Waals surface area contributed by atoms with Gasteiger partial charge in [-0.05, 0) is 71.3 Å². The van der Waals surface area contributed by atoms with Gasteiger partial charge in [0.15, 0.2) is 5.60 Å². The van der Waals surface area contributed by atoms with Gasteiger partial charge in [0.25, 0.3) is 0 Å². The molecule has 0 radical (unpaired) electrons. The van der Waals surface area contributed by atoms with Crippen molar-refractivity contribution < 1.29 is 23.0 Å². The molecule has 61 heavy (non-hydrogen) atoms. The van der Waals surface area contributed by atoms with E-state index in [1.807, 2.05) is 80.6 Å². The fraction of sp³-hybridized carbons (Fsp3) is 0.295. The summed E-state index contributed by atoms with van der Waals surface area (Å²) in [6, 6.07) is 28.7. The minimum absolute atomic E-state index is 0.238. The van der Waals surface area contributed by atoms with Crippen molar-refractivity contribution >= 4 is 11.4 Å². The topological polar surface area (TPSA) is 145 Å². The number of aliphatic hydroxyl groups is 1. The predicted octanol–water partition coefficient (Wildman–Crippen LogP) is 6.18. The molecule has 4 aromatic heterocycles. The molecule has 1 aliphatic rings. The standard InChI is InChI=1S/C44H44F3N11O3/c1-3-39(31(2)61-27-32-9-5-4-6-10-32)58-42(59)57(30-51-58)41-20-18-36(26-49-41)55-23-21-54(22-24-55)35-16-13-33(14-17-35)34-15-19-40(48-25-34)44(46,47)43(60,28-56-29-50-52-53-56)37-11-7-8-12-38(37)45/h4-20,25-26,29-31,39,60H,3,21-24,27-28H2,1-2H3. The Morgan fingerprint density at radius 2 is 1.49 bits per heavy atom. The summed E-state index contributed by atoms with van der Waals surface area (Å²) in [6.07, 6.45) is 6.08. The molecule has 0 saturated carbocycles. The number of nitrogens with zero attached hydrogens (tertiary/aromatic N) is 11. The molecule has 0 bridgehead atoms. The van der Waals surface area contributed by atoms with Crippen molar-refractivity contribution in [2.45, 2.75) is 57.1 Å². The van der Waals surface area contributed by atoms with Crippen LogP contribution in [0, 0.1) is 5.82 Å². The maximum Gasteiger partial charge on any atom is 0.351 e. The van der Waals surface area contributed by atoms with E-state index in [2.05, 4.69) is 40.4 Å². The van der Waals surface area contributed by atoms with E-state index in [4.69, 9.17) is 4.74 Å². The maximum atomic E-state index is 16.2. The number of piperazine rings is 1. The number of alkyl halides is 2. The summed E-state index contributed by atoms with van der Waals surface area (Å²) < 4.78 is 57.3. The largest absolute Gasteiger partial charge is 0.377 e. The maximum absolute atomic E-state index is 16.2. The zero-order valence-electron chi connectivity index (χ0n) is 33.5. The lowest BCUT2D eigenvalue weighted by atomic mass is 9.84. The van der Waals surface area contributed by atoms with Crippen molar-refractivity contribution in [3.05, 3.63) is 161 Å². The first-order valence-corrected chi connectivity index (χ1v) is 20.0. The number of benzene rings is 3. The lowest BCUT2D eigenvalue weighted by Gasteiger charge is -2.37. The Labute approximate surface area is 349 Å². The van der Waals surface area contributed by atoms with Crippen LogP contribution in [0.15, 0.2) is 133 Å². The number of rotatable bonds is 15. The van der Waals surface area contributed by atoms with Crippen LogP contribution >= 0.6 is 0 Å². The molecule has 314 valence electrons. The second-order valence-corrected chi connectivity index (χ2v) is 15.0. The number of hydrogen-bond donors (Lipinski definition) is 1. The molecule has 8 rings (SSSR count). The Balaban J connectivity index is 0.883. The highest BCUT2D eigenvalue weighted by molar-refractivity contribution is 5.66. The zero-order chi connectivity index (χ0) is 42.6. The van der Waals surface area contributed by atoms with Gasteiger partial charge in [0, 0.05) is 49.2 Å². The number of pyridine rings is 2. The summed E-state index contributed by atoms with van der Waals surface area (Å²) in [5, 5.41) is 26.4. The van der Waals surface area contributed by atoms with Crippen molar-refractivity contribution in [2.24, 2.45) is 0 Å². The molecule has 1 fully saturated rings. The molecule has 1 aliphatic heterocycles. The fourth-order valence-electron chi connectivity index (χ4n) is 7.71. The van der Waals surface area contributed by atoms with Crippen molar-refractivity contribution in [2.75, 3.05) is 36.0 Å². The Bertz CT molecular complexity index is 2560. The minimum Gasteiger partial charge on any atom is -0.377 e. The number of halogens is 3. The third-order valence-corrected chi connectivity index (χ3v) is 11.2. The van der Waals surface area contributed by atoms with Gasteiger partial charge in [0.05, 0.1) is 37.2 Å². The fourth-order valence-corrected chi connectivity index (χ4v) is 7.71. The molecule has 3 aromatic carbocycles. The lowest BCUT2D eigenvalue weighted by Crippen LogP contribution is -2.48. The molecular formula is C44H44F3N11O3. The van der Waals surface area contributed by atoms with E-state index in [1.165, 1.54) is 40.0 Å². The normalized spacial score (nSPS) is 15.4. The Kier molecular flexibility index (Phi) is 11.8. The van der Waals surface area contributed by atoms with Gasteiger partial charge < -0.3 is 19.6 Å². The number of hydrogen-bond acceptors (Lipinski definition) is 11. The van der Waals surface area contributed by atoms with Gasteiger partial charge in [-0.25, -0.2) is 28.1 Å². The van der Waals surface area contributed by atoms with Crippen molar-refractivity contribution in [1.82, 2.24) is 44.5 Å². The molecule has 1 N–H and O–H groups in total. The van der Waals surface area contributed by atoms with Crippen LogP contribution in [0.1, 0.15) is 43.1 Å².